The summed E-state index contributed by atoms with van der Waals surface area (Å²) >= 11 is 0. The van der Waals surface area contributed by atoms with Crippen molar-refractivity contribution >= 4 is 6.71 Å². The van der Waals surface area contributed by atoms with Crippen molar-refractivity contribution in [3.63, 3.8) is 0 Å². The molecule has 0 bridgehead atoms. The number of ether oxygens (including phenoxy) is 1. The molecule has 0 spiro atoms. The molecule has 0 saturated heterocycles. The smallest absolute Gasteiger partial charge is 0.265 e. The van der Waals surface area contributed by atoms with Crippen LogP contribution in [0.25, 0.3) is 11.1 Å². The molecule has 3 rings (SSSR count). The molecule has 0 N–H and O–H groups in total. The Hall–Kier alpha value is -2.22. The van der Waals surface area contributed by atoms with Gasteiger partial charge in [-0.2, -0.15) is 5.10 Å². The summed E-state index contributed by atoms with van der Waals surface area (Å²) in [6.07, 6.45) is 5.74. The van der Waals surface area contributed by atoms with Gasteiger partial charge < -0.3 is 4.74 Å². The van der Waals surface area contributed by atoms with Crippen LogP contribution in [0.1, 0.15) is 17.9 Å². The monoisotopic (exact) mass is 279 g/mol. The van der Waals surface area contributed by atoms with Crippen molar-refractivity contribution in [2.75, 3.05) is 6.61 Å². The van der Waals surface area contributed by atoms with Crippen LogP contribution in [0.5, 0.6) is 5.75 Å². The fraction of sp³-hybridized carbons (Fsp3) is 0.375. The molecule has 1 aliphatic rings. The zero-order valence-corrected chi connectivity index (χ0v) is 12.4. The number of para-hydroxylation sites is 1. The molecule has 5 heteroatoms. The van der Waals surface area contributed by atoms with E-state index in [1.165, 1.54) is 5.56 Å². The maximum absolute atomic E-state index is 9.06. The Bertz CT molecular complexity index is 689. The van der Waals surface area contributed by atoms with Crippen molar-refractivity contribution < 1.29 is 4.74 Å². The lowest BCUT2D eigenvalue weighted by Crippen LogP contribution is -2.19. The molecular weight excluding hydrogens is 261 g/mol. The van der Waals surface area contributed by atoms with Gasteiger partial charge in [0.25, 0.3) is 6.71 Å². The fourth-order valence-corrected chi connectivity index (χ4v) is 3.01. The summed E-state index contributed by atoms with van der Waals surface area (Å²) in [5.74, 6) is 3.71. The van der Waals surface area contributed by atoms with Crippen LogP contribution in [0.4, 0.5) is 0 Å². The van der Waals surface area contributed by atoms with E-state index < -0.39 is 0 Å². The highest BCUT2D eigenvalue weighted by Crippen LogP contribution is 2.42. The minimum Gasteiger partial charge on any atom is -0.493 e. The molecule has 21 heavy (non-hydrogen) atoms. The maximum atomic E-state index is 9.06. The standard InChI is InChI=1S/C16H18BN3O/c1-17(11-18)8-12-6-7-21-16-14(12)4-3-5-15(16)13-9-19-20(2)10-13/h3-5,9-10,12H,6-8H2,1-2H3. The lowest BCUT2D eigenvalue weighted by Gasteiger charge is -2.27. The molecule has 1 unspecified atom stereocenters. The highest BCUT2D eigenvalue weighted by Gasteiger charge is 2.26. The molecule has 4 nitrogen and oxygen atoms in total. The van der Waals surface area contributed by atoms with E-state index in [0.29, 0.717) is 12.5 Å². The van der Waals surface area contributed by atoms with E-state index in [0.717, 1.165) is 29.6 Å². The second-order valence-electron chi connectivity index (χ2n) is 5.73. The number of aryl methyl sites for hydroxylation is 1. The molecule has 0 aliphatic carbocycles. The Morgan fingerprint density at radius 3 is 3.10 bits per heavy atom. The minimum absolute atomic E-state index is 0.0722. The minimum atomic E-state index is 0.0722. The van der Waals surface area contributed by atoms with Crippen LogP contribution in [0.15, 0.2) is 30.6 Å². The normalized spacial score (nSPS) is 16.7. The third-order valence-corrected chi connectivity index (χ3v) is 4.07. The van der Waals surface area contributed by atoms with Crippen LogP contribution in [0.2, 0.25) is 13.1 Å². The van der Waals surface area contributed by atoms with Crippen LogP contribution in [0.3, 0.4) is 0 Å². The second-order valence-corrected chi connectivity index (χ2v) is 5.73. The summed E-state index contributed by atoms with van der Waals surface area (Å²) in [6, 6.07) is 6.27. The SMILES string of the molecule is CB(C#N)CC1CCOc2c(-c3cnn(C)c3)cccc21. The molecule has 1 aliphatic heterocycles. The van der Waals surface area contributed by atoms with Gasteiger partial charge in [-0.25, -0.2) is 5.26 Å². The summed E-state index contributed by atoms with van der Waals surface area (Å²) in [4.78, 5) is 0. The van der Waals surface area contributed by atoms with Gasteiger partial charge in [0.05, 0.1) is 12.8 Å². The predicted molar refractivity (Wildman–Crippen MR) is 83.5 cm³/mol. The lowest BCUT2D eigenvalue weighted by molar-refractivity contribution is 0.273. The molecule has 0 saturated carbocycles. The molecule has 0 fully saturated rings. The van der Waals surface area contributed by atoms with Crippen LogP contribution < -0.4 is 4.74 Å². The van der Waals surface area contributed by atoms with E-state index in [4.69, 9.17) is 10.00 Å². The molecule has 1 aromatic heterocycles. The number of hydrogen-bond donors (Lipinski definition) is 0. The van der Waals surface area contributed by atoms with Crippen molar-refractivity contribution in [2.45, 2.75) is 25.5 Å². The highest BCUT2D eigenvalue weighted by atomic mass is 16.5. The number of fused-ring (bicyclic) bond motifs is 1. The van der Waals surface area contributed by atoms with Crippen molar-refractivity contribution in [1.82, 2.24) is 9.78 Å². The van der Waals surface area contributed by atoms with Gasteiger partial charge in [0.1, 0.15) is 5.75 Å². The van der Waals surface area contributed by atoms with Gasteiger partial charge in [-0.15, -0.1) is 0 Å². The number of benzene rings is 1. The van der Waals surface area contributed by atoms with E-state index in [-0.39, 0.29) is 6.71 Å². The third kappa shape index (κ3) is 2.66. The first-order chi connectivity index (χ1) is 10.2. The van der Waals surface area contributed by atoms with Gasteiger partial charge in [0, 0.05) is 30.3 Å². The third-order valence-electron chi connectivity index (χ3n) is 4.07. The lowest BCUT2D eigenvalue weighted by atomic mass is 9.48. The van der Waals surface area contributed by atoms with E-state index in [1.807, 2.05) is 26.3 Å². The first-order valence-corrected chi connectivity index (χ1v) is 7.33. The number of hydrogen-bond acceptors (Lipinski definition) is 3. The van der Waals surface area contributed by atoms with Crippen molar-refractivity contribution in [3.05, 3.63) is 36.2 Å². The average molecular weight is 279 g/mol. The van der Waals surface area contributed by atoms with Gasteiger partial charge in [-0.05, 0) is 17.9 Å². The highest BCUT2D eigenvalue weighted by molar-refractivity contribution is 6.65. The van der Waals surface area contributed by atoms with Crippen LogP contribution in [-0.2, 0) is 7.05 Å². The largest absolute Gasteiger partial charge is 0.493 e. The number of rotatable bonds is 3. The zero-order chi connectivity index (χ0) is 14.8. The Morgan fingerprint density at radius 1 is 1.52 bits per heavy atom. The van der Waals surface area contributed by atoms with Crippen molar-refractivity contribution in [2.24, 2.45) is 7.05 Å². The van der Waals surface area contributed by atoms with Gasteiger partial charge in [-0.1, -0.05) is 31.3 Å². The molecule has 0 amide bonds. The summed E-state index contributed by atoms with van der Waals surface area (Å²) in [6.45, 7) is 2.77. The predicted octanol–water partition coefficient (Wildman–Crippen LogP) is 3.14. The van der Waals surface area contributed by atoms with Crippen molar-refractivity contribution in [3.8, 4) is 22.8 Å². The van der Waals surface area contributed by atoms with Crippen molar-refractivity contribution in [1.29, 1.82) is 5.26 Å². The second kappa shape index (κ2) is 5.65. The zero-order valence-electron chi connectivity index (χ0n) is 12.4. The van der Waals surface area contributed by atoms with E-state index in [1.54, 1.807) is 4.68 Å². The first-order valence-electron chi connectivity index (χ1n) is 7.33. The van der Waals surface area contributed by atoms with E-state index in [9.17, 15) is 0 Å². The molecular formula is C16H18BN3O. The first kappa shape index (κ1) is 13.8. The average Bonchev–Trinajstić information content (AvgIpc) is 2.93. The Morgan fingerprint density at radius 2 is 2.38 bits per heavy atom. The molecule has 1 atom stereocenters. The van der Waals surface area contributed by atoms with Crippen LogP contribution >= 0.6 is 0 Å². The summed E-state index contributed by atoms with van der Waals surface area (Å²) in [7, 11) is 1.91. The molecule has 2 aromatic rings. The number of nitriles is 1. The molecule has 1 aromatic carbocycles. The number of aromatic nitrogens is 2. The number of nitrogens with zero attached hydrogens (tertiary/aromatic N) is 3. The van der Waals surface area contributed by atoms with Gasteiger partial charge in [0.15, 0.2) is 0 Å². The van der Waals surface area contributed by atoms with E-state index >= 15 is 0 Å². The Kier molecular flexibility index (Phi) is 3.70. The van der Waals surface area contributed by atoms with Gasteiger partial charge in [0.2, 0.25) is 0 Å². The maximum Gasteiger partial charge on any atom is 0.265 e. The van der Waals surface area contributed by atoms with E-state index in [2.05, 4.69) is 29.3 Å². The van der Waals surface area contributed by atoms with Crippen LogP contribution in [0, 0.1) is 11.2 Å². The molecule has 106 valence electrons. The Labute approximate surface area is 125 Å². The quantitative estimate of drug-likeness (QED) is 0.811. The van der Waals surface area contributed by atoms with Crippen LogP contribution in [-0.4, -0.2) is 23.1 Å². The molecule has 2 heterocycles. The molecule has 0 radical (unpaired) electrons. The summed E-state index contributed by atoms with van der Waals surface area (Å²) < 4.78 is 7.74. The Balaban J connectivity index is 2.00. The topological polar surface area (TPSA) is 50.8 Å². The summed E-state index contributed by atoms with van der Waals surface area (Å²) in [5.41, 5.74) is 3.39. The summed E-state index contributed by atoms with van der Waals surface area (Å²) in [5, 5.41) is 13.3. The fourth-order valence-electron chi connectivity index (χ4n) is 3.01. The van der Waals surface area contributed by atoms with Gasteiger partial charge in [-0.3, -0.25) is 4.68 Å². The van der Waals surface area contributed by atoms with Gasteiger partial charge >= 0.3 is 0 Å².